The van der Waals surface area contributed by atoms with Gasteiger partial charge < -0.3 is 10.5 Å². The average Bonchev–Trinajstić information content (AvgIpc) is 1.87. The lowest BCUT2D eigenvalue weighted by molar-refractivity contribution is -0.147. The Bertz CT molecular complexity index is 112. The first-order valence-electron chi connectivity index (χ1n) is 3.51. The third-order valence-electron chi connectivity index (χ3n) is 1.45. The minimum Gasteiger partial charge on any atom is -0.466 e. The number of hydrogen-bond donors (Lipinski definition) is 1. The molecule has 2 N–H and O–H groups in total. The predicted molar refractivity (Wildman–Crippen MR) is 39.4 cm³/mol. The Morgan fingerprint density at radius 3 is 2.40 bits per heavy atom. The Hall–Kier alpha value is -0.570. The van der Waals surface area contributed by atoms with Crippen LogP contribution in [0, 0.1) is 5.92 Å². The van der Waals surface area contributed by atoms with Crippen LogP contribution in [0.5, 0.6) is 0 Å². The molecule has 0 heterocycles. The summed E-state index contributed by atoms with van der Waals surface area (Å²) in [7, 11) is 0. The second kappa shape index (κ2) is 4.28. The van der Waals surface area contributed by atoms with E-state index in [1.54, 1.807) is 20.8 Å². The summed E-state index contributed by atoms with van der Waals surface area (Å²) in [5, 5.41) is 0. The Kier molecular flexibility index (Phi) is 4.03. The first-order chi connectivity index (χ1) is 4.59. The van der Waals surface area contributed by atoms with Crippen LogP contribution in [-0.2, 0) is 9.53 Å². The second-order valence-corrected chi connectivity index (χ2v) is 2.40. The minimum absolute atomic E-state index is 0.126. The van der Waals surface area contributed by atoms with Gasteiger partial charge >= 0.3 is 5.97 Å². The Morgan fingerprint density at radius 1 is 1.60 bits per heavy atom. The number of ether oxygens (including phenoxy) is 1. The van der Waals surface area contributed by atoms with E-state index in [0.29, 0.717) is 6.61 Å². The highest BCUT2D eigenvalue weighted by atomic mass is 16.5. The third-order valence-corrected chi connectivity index (χ3v) is 1.45. The van der Waals surface area contributed by atoms with Crippen molar-refractivity contribution in [3.05, 3.63) is 0 Å². The zero-order valence-corrected chi connectivity index (χ0v) is 6.76. The summed E-state index contributed by atoms with van der Waals surface area (Å²) in [6.07, 6.45) is 0. The molecule has 0 aromatic carbocycles. The largest absolute Gasteiger partial charge is 0.466 e. The van der Waals surface area contributed by atoms with E-state index in [1.807, 2.05) is 0 Å². The summed E-state index contributed by atoms with van der Waals surface area (Å²) in [4.78, 5) is 10.9. The molecule has 0 saturated carbocycles. The van der Waals surface area contributed by atoms with Gasteiger partial charge in [0.2, 0.25) is 0 Å². The molecule has 0 saturated heterocycles. The molecule has 0 amide bonds. The number of esters is 1. The Morgan fingerprint density at radius 2 is 2.10 bits per heavy atom. The van der Waals surface area contributed by atoms with Gasteiger partial charge in [0.15, 0.2) is 0 Å². The lowest BCUT2D eigenvalue weighted by Crippen LogP contribution is -2.31. The molecule has 0 aromatic heterocycles. The lowest BCUT2D eigenvalue weighted by Gasteiger charge is -2.12. The maximum Gasteiger partial charge on any atom is 0.310 e. The summed E-state index contributed by atoms with van der Waals surface area (Å²) in [5.41, 5.74) is 5.47. The van der Waals surface area contributed by atoms with Crippen LogP contribution in [-0.4, -0.2) is 18.6 Å². The van der Waals surface area contributed by atoms with E-state index < -0.39 is 0 Å². The molecule has 0 aliphatic carbocycles. The van der Waals surface area contributed by atoms with Crippen LogP contribution in [0.4, 0.5) is 0 Å². The topological polar surface area (TPSA) is 52.3 Å². The highest BCUT2D eigenvalue weighted by Crippen LogP contribution is 2.01. The van der Waals surface area contributed by atoms with Crippen molar-refractivity contribution in [2.45, 2.75) is 26.8 Å². The van der Waals surface area contributed by atoms with Gasteiger partial charge in [0.25, 0.3) is 0 Å². The van der Waals surface area contributed by atoms with Gasteiger partial charge in [-0.05, 0) is 13.8 Å². The molecule has 0 aromatic rings. The molecule has 0 aliphatic heterocycles. The van der Waals surface area contributed by atoms with Crippen molar-refractivity contribution in [2.75, 3.05) is 6.61 Å². The van der Waals surface area contributed by atoms with Crippen molar-refractivity contribution in [1.29, 1.82) is 0 Å². The quantitative estimate of drug-likeness (QED) is 0.589. The van der Waals surface area contributed by atoms with Gasteiger partial charge in [0, 0.05) is 6.04 Å². The molecule has 3 nitrogen and oxygen atoms in total. The van der Waals surface area contributed by atoms with Gasteiger partial charge in [-0.1, -0.05) is 6.92 Å². The number of nitrogens with two attached hydrogens (primary N) is 1. The summed E-state index contributed by atoms with van der Waals surface area (Å²) < 4.78 is 4.75. The van der Waals surface area contributed by atoms with Crippen LogP contribution < -0.4 is 5.73 Å². The standard InChI is InChI=1S/C7H15NO2/c1-4-10-7(9)5(2)6(3)8/h5-6H,4,8H2,1-3H3/t5-,6-/m1/s1. The normalized spacial score (nSPS) is 16.0. The van der Waals surface area contributed by atoms with E-state index in [9.17, 15) is 4.79 Å². The fraction of sp³-hybridized carbons (Fsp3) is 0.857. The van der Waals surface area contributed by atoms with Crippen molar-refractivity contribution in [1.82, 2.24) is 0 Å². The number of carbonyl (C=O) groups is 1. The smallest absolute Gasteiger partial charge is 0.310 e. The van der Waals surface area contributed by atoms with Gasteiger partial charge in [-0.3, -0.25) is 4.79 Å². The molecule has 0 aliphatic rings. The van der Waals surface area contributed by atoms with Crippen LogP contribution in [0.15, 0.2) is 0 Å². The maximum atomic E-state index is 10.9. The molecule has 10 heavy (non-hydrogen) atoms. The monoisotopic (exact) mass is 145 g/mol. The minimum atomic E-state index is -0.211. The van der Waals surface area contributed by atoms with E-state index in [2.05, 4.69) is 0 Å². The summed E-state index contributed by atoms with van der Waals surface area (Å²) in [5.74, 6) is -0.405. The van der Waals surface area contributed by atoms with Crippen molar-refractivity contribution >= 4 is 5.97 Å². The van der Waals surface area contributed by atoms with E-state index in [1.165, 1.54) is 0 Å². The highest BCUT2D eigenvalue weighted by molar-refractivity contribution is 5.72. The summed E-state index contributed by atoms with van der Waals surface area (Å²) in [6.45, 7) is 5.77. The lowest BCUT2D eigenvalue weighted by atomic mass is 10.1. The van der Waals surface area contributed by atoms with E-state index in [0.717, 1.165) is 0 Å². The number of carbonyl (C=O) groups excluding carboxylic acids is 1. The van der Waals surface area contributed by atoms with Crippen molar-refractivity contribution in [3.8, 4) is 0 Å². The molecule has 0 radical (unpaired) electrons. The van der Waals surface area contributed by atoms with Crippen LogP contribution in [0.25, 0.3) is 0 Å². The number of hydrogen-bond acceptors (Lipinski definition) is 3. The molecule has 0 spiro atoms. The van der Waals surface area contributed by atoms with Crippen LogP contribution >= 0.6 is 0 Å². The first-order valence-corrected chi connectivity index (χ1v) is 3.51. The molecule has 0 unspecified atom stereocenters. The molecule has 0 bridgehead atoms. The molecule has 2 atom stereocenters. The van der Waals surface area contributed by atoms with E-state index in [4.69, 9.17) is 10.5 Å². The van der Waals surface area contributed by atoms with Crippen LogP contribution in [0.1, 0.15) is 20.8 Å². The fourth-order valence-electron chi connectivity index (χ4n) is 0.488. The molecular formula is C7H15NO2. The summed E-state index contributed by atoms with van der Waals surface area (Å²) >= 11 is 0. The Balaban J connectivity index is 3.71. The summed E-state index contributed by atoms with van der Waals surface area (Å²) in [6, 6.07) is -0.126. The number of rotatable bonds is 3. The van der Waals surface area contributed by atoms with Crippen molar-refractivity contribution in [3.63, 3.8) is 0 Å². The second-order valence-electron chi connectivity index (χ2n) is 2.40. The molecule has 3 heteroatoms. The molecular weight excluding hydrogens is 130 g/mol. The average molecular weight is 145 g/mol. The van der Waals surface area contributed by atoms with E-state index in [-0.39, 0.29) is 17.9 Å². The van der Waals surface area contributed by atoms with Gasteiger partial charge in [-0.2, -0.15) is 0 Å². The maximum absolute atomic E-state index is 10.9. The van der Waals surface area contributed by atoms with Crippen molar-refractivity contribution in [2.24, 2.45) is 11.7 Å². The van der Waals surface area contributed by atoms with Gasteiger partial charge in [-0.15, -0.1) is 0 Å². The fourth-order valence-corrected chi connectivity index (χ4v) is 0.488. The van der Waals surface area contributed by atoms with Gasteiger partial charge in [0.1, 0.15) is 0 Å². The van der Waals surface area contributed by atoms with Gasteiger partial charge in [0.05, 0.1) is 12.5 Å². The van der Waals surface area contributed by atoms with E-state index >= 15 is 0 Å². The zero-order chi connectivity index (χ0) is 8.15. The van der Waals surface area contributed by atoms with Crippen LogP contribution in [0.3, 0.4) is 0 Å². The van der Waals surface area contributed by atoms with Gasteiger partial charge in [-0.25, -0.2) is 0 Å². The zero-order valence-electron chi connectivity index (χ0n) is 6.76. The molecule has 0 rings (SSSR count). The third kappa shape index (κ3) is 2.82. The molecule has 60 valence electrons. The highest BCUT2D eigenvalue weighted by Gasteiger charge is 2.17. The Labute approximate surface area is 61.5 Å². The predicted octanol–water partition coefficient (Wildman–Crippen LogP) is 0.533. The van der Waals surface area contributed by atoms with Crippen molar-refractivity contribution < 1.29 is 9.53 Å². The molecule has 0 fully saturated rings. The SMILES string of the molecule is CCOC(=O)[C@H](C)[C@@H](C)N. The first kappa shape index (κ1) is 9.43. The van der Waals surface area contributed by atoms with Crippen LogP contribution in [0.2, 0.25) is 0 Å².